The highest BCUT2D eigenvalue weighted by Gasteiger charge is 2.19. The van der Waals surface area contributed by atoms with Gasteiger partial charge in [-0.25, -0.2) is 0 Å². The van der Waals surface area contributed by atoms with Crippen molar-refractivity contribution in [1.82, 2.24) is 0 Å². The number of carbonyl (C=O) groups excluding carboxylic acids is 3. The molecular formula is C59H110O6. The number of allylic oxidation sites excluding steroid dienone is 4. The molecule has 0 fully saturated rings. The predicted octanol–water partition coefficient (Wildman–Crippen LogP) is 19.1. The third kappa shape index (κ3) is 52.7. The van der Waals surface area contributed by atoms with Gasteiger partial charge < -0.3 is 14.2 Å². The molecule has 0 aliphatic carbocycles. The molecule has 0 rings (SSSR count). The molecule has 0 saturated carbocycles. The minimum absolute atomic E-state index is 0.0719. The molecule has 6 heteroatoms. The lowest BCUT2D eigenvalue weighted by molar-refractivity contribution is -0.167. The topological polar surface area (TPSA) is 78.9 Å². The van der Waals surface area contributed by atoms with Gasteiger partial charge in [0.05, 0.1) is 0 Å². The fourth-order valence-corrected chi connectivity index (χ4v) is 8.55. The molecule has 0 spiro atoms. The highest BCUT2D eigenvalue weighted by Crippen LogP contribution is 2.16. The Hall–Kier alpha value is -2.11. The van der Waals surface area contributed by atoms with Gasteiger partial charge in [-0.2, -0.15) is 0 Å². The molecule has 0 aromatic heterocycles. The van der Waals surface area contributed by atoms with E-state index >= 15 is 0 Å². The maximum Gasteiger partial charge on any atom is 0.306 e. The van der Waals surface area contributed by atoms with E-state index in [-0.39, 0.29) is 31.1 Å². The van der Waals surface area contributed by atoms with Crippen LogP contribution in [0, 0.1) is 0 Å². The fraction of sp³-hybridized carbons (Fsp3) is 0.881. The maximum absolute atomic E-state index is 12.8. The van der Waals surface area contributed by atoms with Gasteiger partial charge in [0, 0.05) is 19.3 Å². The van der Waals surface area contributed by atoms with Gasteiger partial charge in [-0.3, -0.25) is 14.4 Å². The van der Waals surface area contributed by atoms with Crippen LogP contribution in [0.4, 0.5) is 0 Å². The first-order valence-corrected chi connectivity index (χ1v) is 28.8. The SMILES string of the molecule is CCCCCC/C=C\CCCCCCCC(=O)OCC(COC(=O)CCCCCCCCC/C=C\CCCCCCCCC)OC(=O)CCCCCCCCCCCCCCCCCC. The van der Waals surface area contributed by atoms with Crippen molar-refractivity contribution in [1.29, 1.82) is 0 Å². The average Bonchev–Trinajstić information content (AvgIpc) is 3.30. The lowest BCUT2D eigenvalue weighted by Crippen LogP contribution is -2.30. The number of rotatable bonds is 53. The molecule has 0 heterocycles. The lowest BCUT2D eigenvalue weighted by atomic mass is 10.0. The lowest BCUT2D eigenvalue weighted by Gasteiger charge is -2.18. The highest BCUT2D eigenvalue weighted by molar-refractivity contribution is 5.71. The van der Waals surface area contributed by atoms with Crippen LogP contribution in [-0.2, 0) is 28.6 Å². The summed E-state index contributed by atoms with van der Waals surface area (Å²) in [4.78, 5) is 38.1. The van der Waals surface area contributed by atoms with E-state index in [0.29, 0.717) is 19.3 Å². The smallest absolute Gasteiger partial charge is 0.306 e. The first-order chi connectivity index (χ1) is 32.0. The van der Waals surface area contributed by atoms with Crippen LogP contribution in [0.5, 0.6) is 0 Å². The summed E-state index contributed by atoms with van der Waals surface area (Å²) < 4.78 is 16.9. The Morgan fingerprint density at radius 1 is 0.292 bits per heavy atom. The van der Waals surface area contributed by atoms with Crippen LogP contribution < -0.4 is 0 Å². The van der Waals surface area contributed by atoms with E-state index in [9.17, 15) is 14.4 Å². The van der Waals surface area contributed by atoms with Gasteiger partial charge in [-0.05, 0) is 70.6 Å². The van der Waals surface area contributed by atoms with Crippen molar-refractivity contribution in [2.75, 3.05) is 13.2 Å². The van der Waals surface area contributed by atoms with E-state index in [2.05, 4.69) is 45.1 Å². The molecule has 0 amide bonds. The number of esters is 3. The van der Waals surface area contributed by atoms with E-state index in [0.717, 1.165) is 64.2 Å². The second-order valence-corrected chi connectivity index (χ2v) is 19.6. The van der Waals surface area contributed by atoms with Crippen LogP contribution >= 0.6 is 0 Å². The highest BCUT2D eigenvalue weighted by atomic mass is 16.6. The molecule has 0 aliphatic rings. The zero-order valence-corrected chi connectivity index (χ0v) is 43.8. The summed E-state index contributed by atoms with van der Waals surface area (Å²) >= 11 is 0. The molecule has 1 atom stereocenters. The van der Waals surface area contributed by atoms with E-state index in [4.69, 9.17) is 14.2 Å². The van der Waals surface area contributed by atoms with Crippen molar-refractivity contribution >= 4 is 17.9 Å². The number of hydrogen-bond donors (Lipinski definition) is 0. The molecule has 0 N–H and O–H groups in total. The normalized spacial score (nSPS) is 12.1. The van der Waals surface area contributed by atoms with E-state index < -0.39 is 6.10 Å². The second kappa shape index (κ2) is 54.5. The number of carbonyl (C=O) groups is 3. The van der Waals surface area contributed by atoms with Crippen molar-refractivity contribution < 1.29 is 28.6 Å². The van der Waals surface area contributed by atoms with Gasteiger partial charge in [0.2, 0.25) is 0 Å². The summed E-state index contributed by atoms with van der Waals surface area (Å²) in [6.45, 7) is 6.66. The summed E-state index contributed by atoms with van der Waals surface area (Å²) in [5.41, 5.74) is 0. The molecule has 0 bridgehead atoms. The minimum Gasteiger partial charge on any atom is -0.462 e. The zero-order valence-electron chi connectivity index (χ0n) is 43.8. The van der Waals surface area contributed by atoms with Gasteiger partial charge in [0.25, 0.3) is 0 Å². The Morgan fingerprint density at radius 3 is 0.785 bits per heavy atom. The standard InChI is InChI=1S/C59H110O6/c1-4-7-10-13-16-19-22-25-27-29-30-32-34-37-40-43-46-49-52-58(61)64-55-56(54-63-57(60)51-48-45-42-39-36-33-24-21-18-15-12-9-6-3)65-59(62)53-50-47-44-41-38-35-31-28-26-23-20-17-14-11-8-5-2/h21,24,27,29,56H,4-20,22-23,25-26,28,30-55H2,1-3H3/b24-21-,29-27-. The van der Waals surface area contributed by atoms with E-state index in [1.54, 1.807) is 0 Å². The number of ether oxygens (including phenoxy) is 3. The molecule has 0 saturated heterocycles. The monoisotopic (exact) mass is 915 g/mol. The van der Waals surface area contributed by atoms with E-state index in [1.165, 1.54) is 212 Å². The predicted molar refractivity (Wildman–Crippen MR) is 279 cm³/mol. The average molecular weight is 916 g/mol. The zero-order chi connectivity index (χ0) is 47.2. The van der Waals surface area contributed by atoms with Gasteiger partial charge in [-0.1, -0.05) is 251 Å². The Bertz CT molecular complexity index is 1050. The number of hydrogen-bond acceptors (Lipinski definition) is 6. The third-order valence-corrected chi connectivity index (χ3v) is 12.9. The summed E-state index contributed by atoms with van der Waals surface area (Å²) in [5, 5.41) is 0. The van der Waals surface area contributed by atoms with Crippen molar-refractivity contribution in [2.45, 2.75) is 322 Å². The molecule has 0 aliphatic heterocycles. The fourth-order valence-electron chi connectivity index (χ4n) is 8.55. The van der Waals surface area contributed by atoms with Crippen molar-refractivity contribution in [3.05, 3.63) is 24.3 Å². The molecule has 0 aromatic carbocycles. The van der Waals surface area contributed by atoms with Crippen molar-refractivity contribution in [3.63, 3.8) is 0 Å². The van der Waals surface area contributed by atoms with Gasteiger partial charge >= 0.3 is 17.9 Å². The minimum atomic E-state index is -0.772. The third-order valence-electron chi connectivity index (χ3n) is 12.9. The summed E-state index contributed by atoms with van der Waals surface area (Å²) in [5.74, 6) is -0.865. The molecular weight excluding hydrogens is 805 g/mol. The largest absolute Gasteiger partial charge is 0.462 e. The van der Waals surface area contributed by atoms with Crippen LogP contribution in [0.3, 0.4) is 0 Å². The molecule has 6 nitrogen and oxygen atoms in total. The van der Waals surface area contributed by atoms with Crippen LogP contribution in [0.2, 0.25) is 0 Å². The van der Waals surface area contributed by atoms with E-state index in [1.807, 2.05) is 0 Å². The van der Waals surface area contributed by atoms with Crippen LogP contribution in [-0.4, -0.2) is 37.2 Å². The van der Waals surface area contributed by atoms with Gasteiger partial charge in [-0.15, -0.1) is 0 Å². The van der Waals surface area contributed by atoms with Crippen LogP contribution in [0.15, 0.2) is 24.3 Å². The Labute approximate surface area is 404 Å². The first-order valence-electron chi connectivity index (χ1n) is 28.8. The van der Waals surface area contributed by atoms with Gasteiger partial charge in [0.15, 0.2) is 6.10 Å². The Morgan fingerprint density at radius 2 is 0.508 bits per heavy atom. The van der Waals surface area contributed by atoms with Gasteiger partial charge in [0.1, 0.15) is 13.2 Å². The second-order valence-electron chi connectivity index (χ2n) is 19.6. The van der Waals surface area contributed by atoms with Crippen LogP contribution in [0.1, 0.15) is 316 Å². The molecule has 65 heavy (non-hydrogen) atoms. The summed E-state index contributed by atoms with van der Waals surface area (Å²) in [6.07, 6.45) is 63.1. The molecule has 382 valence electrons. The quantitative estimate of drug-likeness (QED) is 0.0262. The van der Waals surface area contributed by atoms with Crippen LogP contribution in [0.25, 0.3) is 0 Å². The maximum atomic E-state index is 12.8. The first kappa shape index (κ1) is 62.9. The molecule has 1 unspecified atom stereocenters. The Kier molecular flexibility index (Phi) is 52.7. The molecule has 0 aromatic rings. The van der Waals surface area contributed by atoms with Crippen molar-refractivity contribution in [2.24, 2.45) is 0 Å². The summed E-state index contributed by atoms with van der Waals surface area (Å²) in [7, 11) is 0. The summed E-state index contributed by atoms with van der Waals surface area (Å²) in [6, 6.07) is 0. The van der Waals surface area contributed by atoms with Crippen molar-refractivity contribution in [3.8, 4) is 0 Å². The Balaban J connectivity index is 4.33. The number of unbranched alkanes of at least 4 members (excludes halogenated alkanes) is 38. The molecule has 0 radical (unpaired) electrons.